The van der Waals surface area contributed by atoms with Crippen molar-refractivity contribution in [2.45, 2.75) is 26.3 Å². The Hall–Kier alpha value is -2.73. The van der Waals surface area contributed by atoms with Gasteiger partial charge in [0.15, 0.2) is 0 Å². The van der Waals surface area contributed by atoms with Gasteiger partial charge < -0.3 is 9.88 Å². The van der Waals surface area contributed by atoms with Crippen LogP contribution in [0, 0.1) is 0 Å². The summed E-state index contributed by atoms with van der Waals surface area (Å²) >= 11 is 1.49. The van der Waals surface area contributed by atoms with Gasteiger partial charge in [-0.25, -0.2) is 4.98 Å². The van der Waals surface area contributed by atoms with Gasteiger partial charge in [0.1, 0.15) is 5.82 Å². The highest BCUT2D eigenvalue weighted by atomic mass is 32.1. The van der Waals surface area contributed by atoms with Gasteiger partial charge in [0, 0.05) is 47.3 Å². The van der Waals surface area contributed by atoms with Crippen LogP contribution in [-0.4, -0.2) is 20.4 Å². The van der Waals surface area contributed by atoms with E-state index in [0.717, 1.165) is 41.3 Å². The maximum atomic E-state index is 12.1. The van der Waals surface area contributed by atoms with Gasteiger partial charge in [-0.15, -0.1) is 11.3 Å². The molecular weight excluding hydrogens is 332 g/mol. The van der Waals surface area contributed by atoms with E-state index in [2.05, 4.69) is 26.8 Å². The molecule has 0 spiro atoms. The lowest BCUT2D eigenvalue weighted by atomic mass is 10.2. The normalized spacial score (nSPS) is 11.1. The molecule has 2 aromatic heterocycles. The van der Waals surface area contributed by atoms with E-state index in [9.17, 15) is 4.79 Å². The van der Waals surface area contributed by atoms with Crippen molar-refractivity contribution < 1.29 is 4.79 Å². The molecule has 3 aromatic rings. The summed E-state index contributed by atoms with van der Waals surface area (Å²) in [6.45, 7) is 3.12. The number of nitrogens with zero attached hydrogens (tertiary/aromatic N) is 3. The molecule has 2 heterocycles. The van der Waals surface area contributed by atoms with Gasteiger partial charge in [0.25, 0.3) is 0 Å². The number of unbranched alkanes of at least 4 members (excludes halogenated alkanes) is 1. The van der Waals surface area contributed by atoms with Crippen molar-refractivity contribution in [2.24, 2.45) is 0 Å². The van der Waals surface area contributed by atoms with E-state index in [1.807, 2.05) is 36.7 Å². The van der Waals surface area contributed by atoms with E-state index in [1.165, 1.54) is 17.4 Å². The molecule has 25 heavy (non-hydrogen) atoms. The van der Waals surface area contributed by atoms with E-state index < -0.39 is 0 Å². The molecule has 0 radical (unpaired) electrons. The Bertz CT molecular complexity index is 852. The highest BCUT2D eigenvalue weighted by molar-refractivity contribution is 7.10. The third kappa shape index (κ3) is 4.64. The molecule has 1 aromatic carbocycles. The summed E-state index contributed by atoms with van der Waals surface area (Å²) in [5, 5.41) is 2.89. The predicted octanol–water partition coefficient (Wildman–Crippen LogP) is 4.46. The number of imidazole rings is 1. The number of carbonyl (C=O) groups excluding carboxylic acids is 1. The zero-order valence-corrected chi connectivity index (χ0v) is 14.9. The fourth-order valence-electron chi connectivity index (χ4n) is 2.46. The van der Waals surface area contributed by atoms with Crippen LogP contribution in [0.4, 0.5) is 5.69 Å². The molecule has 1 amide bonds. The molecule has 0 bridgehead atoms. The number of nitrogens with one attached hydrogen (secondary N) is 1. The first kappa shape index (κ1) is 17.1. The second kappa shape index (κ2) is 8.39. The average molecular weight is 352 g/mol. The summed E-state index contributed by atoms with van der Waals surface area (Å²) in [6.07, 6.45) is 11.1. The molecule has 5 nitrogen and oxygen atoms in total. The Labute approximate surface area is 151 Å². The molecule has 1 N–H and O–H groups in total. The van der Waals surface area contributed by atoms with E-state index in [1.54, 1.807) is 17.8 Å². The van der Waals surface area contributed by atoms with Gasteiger partial charge in [-0.05, 0) is 24.6 Å². The Balaban J connectivity index is 1.71. The lowest BCUT2D eigenvalue weighted by Gasteiger charge is -2.09. The van der Waals surface area contributed by atoms with Gasteiger partial charge >= 0.3 is 0 Å². The SMILES string of the molecule is CCCCn1ccnc1-c1cccc(NC(=O)/C=C/c2cncs2)c1. The summed E-state index contributed by atoms with van der Waals surface area (Å²) in [4.78, 5) is 21.5. The molecule has 0 fully saturated rings. The molecule has 0 aliphatic heterocycles. The van der Waals surface area contributed by atoms with Crippen molar-refractivity contribution in [1.82, 2.24) is 14.5 Å². The zero-order valence-electron chi connectivity index (χ0n) is 14.1. The lowest BCUT2D eigenvalue weighted by molar-refractivity contribution is -0.111. The minimum atomic E-state index is -0.167. The van der Waals surface area contributed by atoms with Gasteiger partial charge in [0.2, 0.25) is 5.91 Å². The fraction of sp³-hybridized carbons (Fsp3) is 0.211. The summed E-state index contributed by atoms with van der Waals surface area (Å²) in [5.41, 5.74) is 3.48. The summed E-state index contributed by atoms with van der Waals surface area (Å²) in [6, 6.07) is 7.76. The van der Waals surface area contributed by atoms with Gasteiger partial charge in [-0.3, -0.25) is 9.78 Å². The summed E-state index contributed by atoms with van der Waals surface area (Å²) in [7, 11) is 0. The maximum Gasteiger partial charge on any atom is 0.248 e. The smallest absolute Gasteiger partial charge is 0.248 e. The highest BCUT2D eigenvalue weighted by Gasteiger charge is 2.07. The largest absolute Gasteiger partial charge is 0.331 e. The van der Waals surface area contributed by atoms with Crippen LogP contribution in [0.2, 0.25) is 0 Å². The first-order valence-electron chi connectivity index (χ1n) is 8.25. The number of rotatable bonds is 7. The number of aromatic nitrogens is 3. The zero-order chi connectivity index (χ0) is 17.5. The van der Waals surface area contributed by atoms with Crippen LogP contribution >= 0.6 is 11.3 Å². The minimum absolute atomic E-state index is 0.167. The van der Waals surface area contributed by atoms with Crippen molar-refractivity contribution in [3.05, 3.63) is 59.3 Å². The minimum Gasteiger partial charge on any atom is -0.331 e. The number of thiazole rings is 1. The van der Waals surface area contributed by atoms with Crippen LogP contribution in [0.3, 0.4) is 0 Å². The Morgan fingerprint density at radius 3 is 3.12 bits per heavy atom. The van der Waals surface area contributed by atoms with E-state index in [0.29, 0.717) is 0 Å². The Kier molecular flexibility index (Phi) is 5.74. The number of amides is 1. The topological polar surface area (TPSA) is 59.8 Å². The van der Waals surface area contributed by atoms with E-state index in [4.69, 9.17) is 0 Å². The second-order valence-corrected chi connectivity index (χ2v) is 6.52. The first-order chi connectivity index (χ1) is 12.3. The van der Waals surface area contributed by atoms with Crippen molar-refractivity contribution in [3.8, 4) is 11.4 Å². The van der Waals surface area contributed by atoms with Crippen molar-refractivity contribution in [2.75, 3.05) is 5.32 Å². The third-order valence-corrected chi connectivity index (χ3v) is 4.45. The van der Waals surface area contributed by atoms with E-state index in [-0.39, 0.29) is 5.91 Å². The van der Waals surface area contributed by atoms with Crippen molar-refractivity contribution in [1.29, 1.82) is 0 Å². The lowest BCUT2D eigenvalue weighted by Crippen LogP contribution is -2.08. The molecule has 0 aliphatic carbocycles. The van der Waals surface area contributed by atoms with Crippen molar-refractivity contribution >= 4 is 29.0 Å². The molecule has 0 atom stereocenters. The van der Waals surface area contributed by atoms with Gasteiger partial charge in [0.05, 0.1) is 5.51 Å². The standard InChI is InChI=1S/C19H20N4OS/c1-2-3-10-23-11-9-21-19(23)15-5-4-6-16(12-15)22-18(24)8-7-17-13-20-14-25-17/h4-9,11-14H,2-3,10H2,1H3,(H,22,24)/b8-7+. The van der Waals surface area contributed by atoms with Crippen molar-refractivity contribution in [3.63, 3.8) is 0 Å². The van der Waals surface area contributed by atoms with Gasteiger partial charge in [-0.1, -0.05) is 25.5 Å². The molecule has 0 saturated heterocycles. The molecule has 128 valence electrons. The highest BCUT2D eigenvalue weighted by Crippen LogP contribution is 2.22. The predicted molar refractivity (Wildman–Crippen MR) is 102 cm³/mol. The van der Waals surface area contributed by atoms with Crippen LogP contribution in [0.25, 0.3) is 17.5 Å². The summed E-state index contributed by atoms with van der Waals surface area (Å²) in [5.74, 6) is 0.754. The van der Waals surface area contributed by atoms with Crippen LogP contribution in [0.5, 0.6) is 0 Å². The molecule has 0 saturated carbocycles. The van der Waals surface area contributed by atoms with Crippen LogP contribution in [0.1, 0.15) is 24.6 Å². The van der Waals surface area contributed by atoms with Crippen LogP contribution < -0.4 is 5.32 Å². The quantitative estimate of drug-likeness (QED) is 0.639. The molecule has 0 unspecified atom stereocenters. The fourth-order valence-corrected chi connectivity index (χ4v) is 2.98. The number of anilines is 1. The second-order valence-electron chi connectivity index (χ2n) is 5.60. The summed E-state index contributed by atoms with van der Waals surface area (Å²) < 4.78 is 2.15. The molecular formula is C19H20N4OS. The number of hydrogen-bond donors (Lipinski definition) is 1. The Morgan fingerprint density at radius 1 is 1.40 bits per heavy atom. The first-order valence-corrected chi connectivity index (χ1v) is 9.13. The molecule has 6 heteroatoms. The van der Waals surface area contributed by atoms with Crippen LogP contribution in [0.15, 0.2) is 54.4 Å². The average Bonchev–Trinajstić information content (AvgIpc) is 3.30. The maximum absolute atomic E-state index is 12.1. The Morgan fingerprint density at radius 2 is 2.32 bits per heavy atom. The number of aryl methyl sites for hydroxylation is 1. The monoisotopic (exact) mass is 352 g/mol. The number of hydrogen-bond acceptors (Lipinski definition) is 4. The molecule has 0 aliphatic rings. The van der Waals surface area contributed by atoms with Gasteiger partial charge in [-0.2, -0.15) is 0 Å². The molecule has 3 rings (SSSR count). The van der Waals surface area contributed by atoms with E-state index >= 15 is 0 Å². The number of carbonyl (C=O) groups is 1. The third-order valence-electron chi connectivity index (χ3n) is 3.71. The number of benzene rings is 1. The van der Waals surface area contributed by atoms with Crippen LogP contribution in [-0.2, 0) is 11.3 Å².